The zero-order valence-electron chi connectivity index (χ0n) is 9.19. The quantitative estimate of drug-likeness (QED) is 0.803. The molecule has 3 heteroatoms. The molecule has 0 bridgehead atoms. The molecule has 0 saturated carbocycles. The smallest absolute Gasteiger partial charge is 0.134 e. The van der Waals surface area contributed by atoms with Crippen LogP contribution in [0.25, 0.3) is 0 Å². The van der Waals surface area contributed by atoms with Crippen LogP contribution in [0.15, 0.2) is 18.3 Å². The molecule has 82 valence electrons. The minimum absolute atomic E-state index is 0.0758. The third-order valence-electron chi connectivity index (χ3n) is 3.11. The number of pyridine rings is 1. The average molecular weight is 206 g/mol. The molecule has 3 nitrogen and oxygen atoms in total. The summed E-state index contributed by atoms with van der Waals surface area (Å²) in [5.41, 5.74) is 0.936. The second kappa shape index (κ2) is 4.62. The van der Waals surface area contributed by atoms with E-state index in [9.17, 15) is 5.11 Å². The van der Waals surface area contributed by atoms with E-state index in [1.54, 1.807) is 6.20 Å². The van der Waals surface area contributed by atoms with Gasteiger partial charge in [0, 0.05) is 24.3 Å². The Kier molecular flexibility index (Phi) is 3.21. The Morgan fingerprint density at radius 2 is 2.40 bits per heavy atom. The molecule has 1 saturated heterocycles. The van der Waals surface area contributed by atoms with Crippen LogP contribution < -0.4 is 4.90 Å². The zero-order valence-corrected chi connectivity index (χ0v) is 9.19. The first-order chi connectivity index (χ1) is 7.33. The fourth-order valence-electron chi connectivity index (χ4n) is 2.23. The van der Waals surface area contributed by atoms with Gasteiger partial charge in [0.1, 0.15) is 5.82 Å². The minimum Gasteiger partial charge on any atom is -0.392 e. The highest BCUT2D eigenvalue weighted by atomic mass is 16.3. The van der Waals surface area contributed by atoms with Gasteiger partial charge >= 0.3 is 0 Å². The van der Waals surface area contributed by atoms with E-state index in [-0.39, 0.29) is 6.61 Å². The van der Waals surface area contributed by atoms with Crippen molar-refractivity contribution >= 4 is 5.82 Å². The van der Waals surface area contributed by atoms with E-state index < -0.39 is 0 Å². The van der Waals surface area contributed by atoms with Crippen molar-refractivity contribution in [3.63, 3.8) is 0 Å². The number of hydrogen-bond acceptors (Lipinski definition) is 3. The van der Waals surface area contributed by atoms with Crippen molar-refractivity contribution in [2.24, 2.45) is 0 Å². The molecule has 1 atom stereocenters. The molecule has 15 heavy (non-hydrogen) atoms. The molecule has 1 aromatic heterocycles. The lowest BCUT2D eigenvalue weighted by Gasteiger charge is -2.35. The van der Waals surface area contributed by atoms with Crippen molar-refractivity contribution in [2.45, 2.75) is 38.8 Å². The molecule has 1 N–H and O–H groups in total. The molecule has 0 aromatic carbocycles. The monoisotopic (exact) mass is 206 g/mol. The third kappa shape index (κ3) is 2.12. The summed E-state index contributed by atoms with van der Waals surface area (Å²) >= 11 is 0. The van der Waals surface area contributed by atoms with Crippen LogP contribution in [0.3, 0.4) is 0 Å². The normalized spacial score (nSPS) is 21.7. The van der Waals surface area contributed by atoms with Gasteiger partial charge in [0.25, 0.3) is 0 Å². The molecule has 0 radical (unpaired) electrons. The molecule has 1 aliphatic heterocycles. The lowest BCUT2D eigenvalue weighted by Crippen LogP contribution is -2.38. The Labute approximate surface area is 90.8 Å². The molecule has 0 aliphatic carbocycles. The van der Waals surface area contributed by atoms with E-state index in [4.69, 9.17) is 0 Å². The maximum absolute atomic E-state index is 9.27. The summed E-state index contributed by atoms with van der Waals surface area (Å²) in [7, 11) is 0. The van der Waals surface area contributed by atoms with Gasteiger partial charge in [-0.05, 0) is 32.3 Å². The maximum Gasteiger partial charge on any atom is 0.134 e. The van der Waals surface area contributed by atoms with Gasteiger partial charge in [-0.3, -0.25) is 0 Å². The topological polar surface area (TPSA) is 36.4 Å². The molecule has 1 unspecified atom stereocenters. The van der Waals surface area contributed by atoms with Crippen molar-refractivity contribution in [3.8, 4) is 0 Å². The predicted octanol–water partition coefficient (Wildman–Crippen LogP) is 1.95. The number of piperidine rings is 1. The van der Waals surface area contributed by atoms with Gasteiger partial charge in [0.2, 0.25) is 0 Å². The summed E-state index contributed by atoms with van der Waals surface area (Å²) in [5.74, 6) is 0.965. The summed E-state index contributed by atoms with van der Waals surface area (Å²) in [5, 5.41) is 9.27. The summed E-state index contributed by atoms with van der Waals surface area (Å²) in [6.07, 6.45) is 5.56. The molecule has 1 aliphatic rings. The van der Waals surface area contributed by atoms with Gasteiger partial charge in [-0.2, -0.15) is 0 Å². The van der Waals surface area contributed by atoms with Crippen molar-refractivity contribution in [1.82, 2.24) is 4.98 Å². The maximum atomic E-state index is 9.27. The molecule has 1 aromatic rings. The number of nitrogens with zero attached hydrogens (tertiary/aromatic N) is 2. The van der Waals surface area contributed by atoms with Crippen LogP contribution in [-0.2, 0) is 6.61 Å². The Hall–Kier alpha value is -1.09. The van der Waals surface area contributed by atoms with Crippen LogP contribution in [-0.4, -0.2) is 22.7 Å². The van der Waals surface area contributed by atoms with Crippen LogP contribution in [0.1, 0.15) is 31.7 Å². The summed E-state index contributed by atoms with van der Waals surface area (Å²) in [6, 6.07) is 4.37. The Morgan fingerprint density at radius 3 is 3.13 bits per heavy atom. The zero-order chi connectivity index (χ0) is 10.7. The van der Waals surface area contributed by atoms with Crippen molar-refractivity contribution in [1.29, 1.82) is 0 Å². The Morgan fingerprint density at radius 1 is 1.53 bits per heavy atom. The predicted molar refractivity (Wildman–Crippen MR) is 60.8 cm³/mol. The first-order valence-corrected chi connectivity index (χ1v) is 5.64. The Balaban J connectivity index is 2.26. The first-order valence-electron chi connectivity index (χ1n) is 5.64. The van der Waals surface area contributed by atoms with Crippen LogP contribution in [0, 0.1) is 0 Å². The fourth-order valence-corrected chi connectivity index (χ4v) is 2.23. The number of hydrogen-bond donors (Lipinski definition) is 1. The van der Waals surface area contributed by atoms with Gasteiger partial charge in [0.15, 0.2) is 0 Å². The number of aliphatic hydroxyl groups excluding tert-OH is 1. The Bertz CT molecular complexity index is 327. The van der Waals surface area contributed by atoms with Gasteiger partial charge in [-0.15, -0.1) is 0 Å². The number of rotatable bonds is 2. The molecular weight excluding hydrogens is 188 g/mol. The second-order valence-corrected chi connectivity index (χ2v) is 4.18. The molecule has 0 amide bonds. The average Bonchev–Trinajstić information content (AvgIpc) is 2.30. The minimum atomic E-state index is 0.0758. The van der Waals surface area contributed by atoms with Crippen LogP contribution >= 0.6 is 0 Å². The van der Waals surface area contributed by atoms with Crippen LogP contribution in [0.2, 0.25) is 0 Å². The fraction of sp³-hybridized carbons (Fsp3) is 0.583. The van der Waals surface area contributed by atoms with Crippen LogP contribution in [0.4, 0.5) is 5.82 Å². The number of aliphatic hydroxyl groups is 1. The molecular formula is C12H18N2O. The SMILES string of the molecule is CC1CCCCN1c1ncccc1CO. The van der Waals surface area contributed by atoms with E-state index in [0.717, 1.165) is 17.9 Å². The molecule has 2 rings (SSSR count). The highest BCUT2D eigenvalue weighted by molar-refractivity contribution is 5.47. The highest BCUT2D eigenvalue weighted by Crippen LogP contribution is 2.25. The van der Waals surface area contributed by atoms with Crippen molar-refractivity contribution < 1.29 is 5.11 Å². The number of aromatic nitrogens is 1. The van der Waals surface area contributed by atoms with Crippen molar-refractivity contribution in [2.75, 3.05) is 11.4 Å². The number of anilines is 1. The van der Waals surface area contributed by atoms with E-state index in [2.05, 4.69) is 16.8 Å². The standard InChI is InChI=1S/C12H18N2O/c1-10-5-2-3-8-14(10)12-11(9-15)6-4-7-13-12/h4,6-7,10,15H,2-3,5,8-9H2,1H3. The summed E-state index contributed by atoms with van der Waals surface area (Å²) < 4.78 is 0. The summed E-state index contributed by atoms with van der Waals surface area (Å²) in [6.45, 7) is 3.37. The highest BCUT2D eigenvalue weighted by Gasteiger charge is 2.21. The van der Waals surface area contributed by atoms with Crippen molar-refractivity contribution in [3.05, 3.63) is 23.9 Å². The lowest BCUT2D eigenvalue weighted by atomic mass is 10.0. The molecule has 1 fully saturated rings. The van der Waals surface area contributed by atoms with E-state index in [1.165, 1.54) is 19.3 Å². The van der Waals surface area contributed by atoms with Gasteiger partial charge < -0.3 is 10.0 Å². The van der Waals surface area contributed by atoms with Gasteiger partial charge in [-0.25, -0.2) is 4.98 Å². The van der Waals surface area contributed by atoms with Gasteiger partial charge in [0.05, 0.1) is 6.61 Å². The first kappa shape index (κ1) is 10.4. The largest absolute Gasteiger partial charge is 0.392 e. The van der Waals surface area contributed by atoms with E-state index >= 15 is 0 Å². The van der Waals surface area contributed by atoms with E-state index in [1.807, 2.05) is 12.1 Å². The summed E-state index contributed by atoms with van der Waals surface area (Å²) in [4.78, 5) is 6.70. The second-order valence-electron chi connectivity index (χ2n) is 4.18. The van der Waals surface area contributed by atoms with Crippen LogP contribution in [0.5, 0.6) is 0 Å². The third-order valence-corrected chi connectivity index (χ3v) is 3.11. The lowest BCUT2D eigenvalue weighted by molar-refractivity contribution is 0.281. The molecule has 0 spiro atoms. The van der Waals surface area contributed by atoms with Gasteiger partial charge in [-0.1, -0.05) is 6.07 Å². The molecule has 2 heterocycles. The van der Waals surface area contributed by atoms with E-state index in [0.29, 0.717) is 6.04 Å².